The van der Waals surface area contributed by atoms with Crippen molar-refractivity contribution in [1.82, 2.24) is 0 Å². The standard InChI is InChI=1S/C26H33FO2/c1-3-5-7-24(28)23-17-16-22(25(27)26(23)29)21-14-12-20(13-15-21)19-10-8-18(6-4-2)9-11-19/h12-19,29H,3-11H2,1-2H3. The number of halogens is 1. The molecule has 0 heterocycles. The summed E-state index contributed by atoms with van der Waals surface area (Å²) in [5, 5.41) is 10.2. The number of rotatable bonds is 8. The van der Waals surface area contributed by atoms with Gasteiger partial charge in [-0.15, -0.1) is 0 Å². The van der Waals surface area contributed by atoms with E-state index in [1.54, 1.807) is 12.1 Å². The lowest BCUT2D eigenvalue weighted by atomic mass is 9.77. The van der Waals surface area contributed by atoms with Crippen molar-refractivity contribution in [2.24, 2.45) is 5.92 Å². The lowest BCUT2D eigenvalue weighted by molar-refractivity contribution is 0.0976. The SMILES string of the molecule is CCCCC(=O)c1ccc(-c2ccc(C3CCC(CCC)CC3)cc2)c(F)c1O. The monoisotopic (exact) mass is 396 g/mol. The van der Waals surface area contributed by atoms with Gasteiger partial charge in [-0.2, -0.15) is 0 Å². The number of phenolic OH excluding ortho intramolecular Hbond substituents is 1. The highest BCUT2D eigenvalue weighted by Crippen LogP contribution is 2.38. The van der Waals surface area contributed by atoms with Crippen molar-refractivity contribution in [1.29, 1.82) is 0 Å². The van der Waals surface area contributed by atoms with Crippen molar-refractivity contribution in [3.63, 3.8) is 0 Å². The summed E-state index contributed by atoms with van der Waals surface area (Å²) in [6.07, 6.45) is 9.63. The van der Waals surface area contributed by atoms with E-state index < -0.39 is 11.6 Å². The molecule has 3 heteroatoms. The third kappa shape index (κ3) is 5.07. The number of carbonyl (C=O) groups is 1. The van der Waals surface area contributed by atoms with Crippen LogP contribution in [-0.4, -0.2) is 10.9 Å². The van der Waals surface area contributed by atoms with E-state index in [0.717, 1.165) is 24.3 Å². The highest BCUT2D eigenvalue weighted by molar-refractivity contribution is 5.99. The van der Waals surface area contributed by atoms with Gasteiger partial charge in [0.2, 0.25) is 0 Å². The molecule has 0 aromatic heterocycles. The van der Waals surface area contributed by atoms with E-state index in [1.165, 1.54) is 44.1 Å². The van der Waals surface area contributed by atoms with Crippen molar-refractivity contribution < 1.29 is 14.3 Å². The largest absolute Gasteiger partial charge is 0.504 e. The van der Waals surface area contributed by atoms with Gasteiger partial charge in [0, 0.05) is 12.0 Å². The molecule has 1 aliphatic carbocycles. The second kappa shape index (κ2) is 10.0. The minimum absolute atomic E-state index is 0.0835. The van der Waals surface area contributed by atoms with E-state index in [2.05, 4.69) is 19.1 Å². The zero-order chi connectivity index (χ0) is 20.8. The highest BCUT2D eigenvalue weighted by atomic mass is 19.1. The molecule has 2 aromatic rings. The van der Waals surface area contributed by atoms with Gasteiger partial charge in [0.05, 0.1) is 5.56 Å². The van der Waals surface area contributed by atoms with Gasteiger partial charge in [0.25, 0.3) is 0 Å². The lowest BCUT2D eigenvalue weighted by Gasteiger charge is -2.28. The molecule has 156 valence electrons. The molecule has 0 spiro atoms. The smallest absolute Gasteiger partial charge is 0.173 e. The molecule has 1 fully saturated rings. The molecule has 0 saturated heterocycles. The third-order valence-corrected chi connectivity index (χ3v) is 6.41. The van der Waals surface area contributed by atoms with Gasteiger partial charge in [-0.05, 0) is 61.1 Å². The Morgan fingerprint density at radius 2 is 1.69 bits per heavy atom. The number of ketones is 1. The predicted molar refractivity (Wildman–Crippen MR) is 117 cm³/mol. The molecule has 2 aromatic carbocycles. The van der Waals surface area contributed by atoms with Crippen LogP contribution >= 0.6 is 0 Å². The van der Waals surface area contributed by atoms with Crippen LogP contribution in [0, 0.1) is 11.7 Å². The van der Waals surface area contributed by atoms with Crippen molar-refractivity contribution in [3.8, 4) is 16.9 Å². The molecule has 29 heavy (non-hydrogen) atoms. The molecular formula is C26H33FO2. The summed E-state index contributed by atoms with van der Waals surface area (Å²) in [6, 6.07) is 11.2. The van der Waals surface area contributed by atoms with Crippen molar-refractivity contribution in [3.05, 3.63) is 53.3 Å². The fourth-order valence-electron chi connectivity index (χ4n) is 4.61. The van der Waals surface area contributed by atoms with Gasteiger partial charge < -0.3 is 5.11 Å². The highest BCUT2D eigenvalue weighted by Gasteiger charge is 2.22. The Balaban J connectivity index is 1.73. The summed E-state index contributed by atoms with van der Waals surface area (Å²) < 4.78 is 14.8. The van der Waals surface area contributed by atoms with Crippen molar-refractivity contribution >= 4 is 5.78 Å². The number of hydrogen-bond donors (Lipinski definition) is 1. The molecule has 1 aliphatic rings. The zero-order valence-electron chi connectivity index (χ0n) is 17.7. The van der Waals surface area contributed by atoms with Gasteiger partial charge >= 0.3 is 0 Å². The maximum absolute atomic E-state index is 14.8. The van der Waals surface area contributed by atoms with Crippen LogP contribution in [0.4, 0.5) is 4.39 Å². The van der Waals surface area contributed by atoms with Crippen LogP contribution in [0.5, 0.6) is 5.75 Å². The van der Waals surface area contributed by atoms with Crippen LogP contribution in [0.1, 0.15) is 93.5 Å². The average molecular weight is 397 g/mol. The van der Waals surface area contributed by atoms with Crippen LogP contribution in [0.3, 0.4) is 0 Å². The van der Waals surface area contributed by atoms with E-state index in [0.29, 0.717) is 17.9 Å². The van der Waals surface area contributed by atoms with Crippen molar-refractivity contribution in [2.75, 3.05) is 0 Å². The van der Waals surface area contributed by atoms with Crippen LogP contribution < -0.4 is 0 Å². The first kappa shape index (κ1) is 21.5. The minimum atomic E-state index is -0.708. The fraction of sp³-hybridized carbons (Fsp3) is 0.500. The average Bonchev–Trinajstić information content (AvgIpc) is 2.75. The predicted octanol–water partition coefficient (Wildman–Crippen LogP) is 7.65. The molecule has 1 N–H and O–H groups in total. The van der Waals surface area contributed by atoms with Gasteiger partial charge in [0.15, 0.2) is 17.3 Å². The lowest BCUT2D eigenvalue weighted by Crippen LogP contribution is -2.13. The maximum Gasteiger partial charge on any atom is 0.173 e. The Bertz CT molecular complexity index is 817. The first-order chi connectivity index (χ1) is 14.0. The van der Waals surface area contributed by atoms with E-state index in [-0.39, 0.29) is 11.3 Å². The number of hydrogen-bond acceptors (Lipinski definition) is 2. The molecule has 1 saturated carbocycles. The van der Waals surface area contributed by atoms with Gasteiger partial charge in [-0.1, -0.05) is 63.4 Å². The quantitative estimate of drug-likeness (QED) is 0.465. The molecule has 0 radical (unpaired) electrons. The third-order valence-electron chi connectivity index (χ3n) is 6.41. The molecule has 0 unspecified atom stereocenters. The number of phenols is 1. The van der Waals surface area contributed by atoms with Gasteiger partial charge in [0.1, 0.15) is 0 Å². The minimum Gasteiger partial charge on any atom is -0.504 e. The van der Waals surface area contributed by atoms with Crippen LogP contribution in [0.25, 0.3) is 11.1 Å². The van der Waals surface area contributed by atoms with Crippen LogP contribution in [0.2, 0.25) is 0 Å². The van der Waals surface area contributed by atoms with E-state index in [4.69, 9.17) is 0 Å². The van der Waals surface area contributed by atoms with E-state index in [9.17, 15) is 14.3 Å². The topological polar surface area (TPSA) is 37.3 Å². The molecule has 0 amide bonds. The zero-order valence-corrected chi connectivity index (χ0v) is 17.7. The Hall–Kier alpha value is -2.16. The normalized spacial score (nSPS) is 19.3. The number of unbranched alkanes of at least 4 members (excludes halogenated alkanes) is 1. The molecule has 3 rings (SSSR count). The number of Topliss-reactive ketones (excluding diaryl/α,β-unsaturated/α-hetero) is 1. The summed E-state index contributed by atoms with van der Waals surface area (Å²) in [5.74, 6) is 0.0334. The summed E-state index contributed by atoms with van der Waals surface area (Å²) in [5.41, 5.74) is 2.47. The van der Waals surface area contributed by atoms with Gasteiger partial charge in [-0.3, -0.25) is 4.79 Å². The van der Waals surface area contributed by atoms with E-state index in [1.807, 2.05) is 19.1 Å². The fourth-order valence-corrected chi connectivity index (χ4v) is 4.61. The first-order valence-corrected chi connectivity index (χ1v) is 11.2. The van der Waals surface area contributed by atoms with Gasteiger partial charge in [-0.25, -0.2) is 4.39 Å². The molecule has 0 atom stereocenters. The van der Waals surface area contributed by atoms with E-state index >= 15 is 0 Å². The number of carbonyl (C=O) groups excluding carboxylic acids is 1. The first-order valence-electron chi connectivity index (χ1n) is 11.2. The second-order valence-corrected chi connectivity index (χ2v) is 8.48. The molecule has 0 aliphatic heterocycles. The summed E-state index contributed by atoms with van der Waals surface area (Å²) >= 11 is 0. The number of aromatic hydroxyl groups is 1. The van der Waals surface area contributed by atoms with Crippen molar-refractivity contribution in [2.45, 2.75) is 77.6 Å². The Labute approximate surface area is 174 Å². The maximum atomic E-state index is 14.8. The Morgan fingerprint density at radius 1 is 1.00 bits per heavy atom. The Kier molecular flexibility index (Phi) is 7.46. The molecule has 2 nitrogen and oxygen atoms in total. The Morgan fingerprint density at radius 3 is 2.31 bits per heavy atom. The second-order valence-electron chi connectivity index (χ2n) is 8.48. The molecular weight excluding hydrogens is 363 g/mol. The van der Waals surface area contributed by atoms with Crippen LogP contribution in [-0.2, 0) is 0 Å². The molecule has 0 bridgehead atoms. The number of benzene rings is 2. The van der Waals surface area contributed by atoms with Crippen LogP contribution in [0.15, 0.2) is 36.4 Å². The summed E-state index contributed by atoms with van der Waals surface area (Å²) in [4.78, 5) is 12.2. The summed E-state index contributed by atoms with van der Waals surface area (Å²) in [7, 11) is 0. The summed E-state index contributed by atoms with van der Waals surface area (Å²) in [6.45, 7) is 4.26.